The van der Waals surface area contributed by atoms with Gasteiger partial charge in [0.1, 0.15) is 0 Å². The molecule has 0 aliphatic carbocycles. The molecule has 0 rings (SSSR count). The van der Waals surface area contributed by atoms with Crippen LogP contribution in [0.2, 0.25) is 0 Å². The van der Waals surface area contributed by atoms with Crippen LogP contribution < -0.4 is 0 Å². The standard InChI is InChI=1S/C9H16N2O4S/c1-4-11(6-5-9(12)15-3)16(13,14)8(2)7-10/h8H,4-6H2,1-3H3. The van der Waals surface area contributed by atoms with Crippen LogP contribution in [0.4, 0.5) is 0 Å². The lowest BCUT2D eigenvalue weighted by molar-refractivity contribution is -0.140. The zero-order valence-corrected chi connectivity index (χ0v) is 10.5. The first-order chi connectivity index (χ1) is 7.39. The van der Waals surface area contributed by atoms with E-state index < -0.39 is 21.2 Å². The molecule has 7 heteroatoms. The van der Waals surface area contributed by atoms with E-state index in [1.807, 2.05) is 0 Å². The van der Waals surface area contributed by atoms with Gasteiger partial charge in [0.15, 0.2) is 5.25 Å². The van der Waals surface area contributed by atoms with Crippen LogP contribution in [-0.2, 0) is 19.6 Å². The largest absolute Gasteiger partial charge is 0.469 e. The Labute approximate surface area is 95.8 Å². The zero-order valence-electron chi connectivity index (χ0n) is 9.63. The van der Waals surface area contributed by atoms with E-state index in [1.165, 1.54) is 14.0 Å². The quantitative estimate of drug-likeness (QED) is 0.623. The van der Waals surface area contributed by atoms with Gasteiger partial charge in [-0.05, 0) is 6.92 Å². The molecule has 6 nitrogen and oxygen atoms in total. The molecule has 0 amide bonds. The third-order valence-corrected chi connectivity index (χ3v) is 4.29. The first kappa shape index (κ1) is 14.9. The monoisotopic (exact) mass is 248 g/mol. The van der Waals surface area contributed by atoms with Crippen molar-refractivity contribution in [3.05, 3.63) is 0 Å². The van der Waals surface area contributed by atoms with Crippen molar-refractivity contribution in [3.8, 4) is 6.07 Å². The fourth-order valence-corrected chi connectivity index (χ4v) is 2.36. The Bertz CT molecular complexity index is 371. The van der Waals surface area contributed by atoms with Gasteiger partial charge in [-0.25, -0.2) is 12.7 Å². The van der Waals surface area contributed by atoms with Crippen molar-refractivity contribution < 1.29 is 17.9 Å². The van der Waals surface area contributed by atoms with Crippen molar-refractivity contribution >= 4 is 16.0 Å². The molecule has 0 fully saturated rings. The van der Waals surface area contributed by atoms with E-state index in [9.17, 15) is 13.2 Å². The molecule has 0 heterocycles. The number of ether oxygens (including phenoxy) is 1. The Morgan fingerprint density at radius 3 is 2.50 bits per heavy atom. The molecular formula is C9H16N2O4S. The van der Waals surface area contributed by atoms with Crippen LogP contribution >= 0.6 is 0 Å². The summed E-state index contributed by atoms with van der Waals surface area (Å²) in [6.45, 7) is 3.23. The maximum atomic E-state index is 11.7. The Morgan fingerprint density at radius 1 is 1.56 bits per heavy atom. The van der Waals surface area contributed by atoms with Crippen LogP contribution in [-0.4, -0.2) is 44.1 Å². The van der Waals surface area contributed by atoms with Gasteiger partial charge in [-0.15, -0.1) is 0 Å². The number of hydrogen-bond acceptors (Lipinski definition) is 5. The predicted octanol–water partition coefficient (Wildman–Crippen LogP) is 0.113. The fourth-order valence-electron chi connectivity index (χ4n) is 1.07. The van der Waals surface area contributed by atoms with Gasteiger partial charge in [-0.2, -0.15) is 5.26 Å². The molecule has 0 aromatic heterocycles. The number of carbonyl (C=O) groups is 1. The molecule has 0 aliphatic heterocycles. The maximum absolute atomic E-state index is 11.7. The number of carbonyl (C=O) groups excluding carboxylic acids is 1. The molecule has 0 N–H and O–H groups in total. The number of methoxy groups -OCH3 is 1. The average Bonchev–Trinajstić information content (AvgIpc) is 2.27. The van der Waals surface area contributed by atoms with Crippen molar-refractivity contribution in [2.45, 2.75) is 25.5 Å². The number of esters is 1. The summed E-state index contributed by atoms with van der Waals surface area (Å²) in [5.41, 5.74) is 0. The lowest BCUT2D eigenvalue weighted by atomic mass is 10.4. The van der Waals surface area contributed by atoms with E-state index in [0.29, 0.717) is 0 Å². The first-order valence-corrected chi connectivity index (χ1v) is 6.35. The number of rotatable bonds is 6. The molecule has 0 saturated carbocycles. The van der Waals surface area contributed by atoms with Crippen molar-refractivity contribution in [1.82, 2.24) is 4.31 Å². The summed E-state index contributed by atoms with van der Waals surface area (Å²) < 4.78 is 29.0. The van der Waals surface area contributed by atoms with E-state index in [1.54, 1.807) is 13.0 Å². The van der Waals surface area contributed by atoms with Gasteiger partial charge in [0.05, 0.1) is 19.6 Å². The summed E-state index contributed by atoms with van der Waals surface area (Å²) >= 11 is 0. The Balaban J connectivity index is 4.63. The lowest BCUT2D eigenvalue weighted by Gasteiger charge is -2.20. The third-order valence-electron chi connectivity index (χ3n) is 2.13. The maximum Gasteiger partial charge on any atom is 0.306 e. The normalized spacial score (nSPS) is 13.2. The number of sulfonamides is 1. The lowest BCUT2D eigenvalue weighted by Crippen LogP contribution is -2.38. The van der Waals surface area contributed by atoms with Crippen molar-refractivity contribution in [3.63, 3.8) is 0 Å². The predicted molar refractivity (Wildman–Crippen MR) is 57.9 cm³/mol. The summed E-state index contributed by atoms with van der Waals surface area (Å²) in [5, 5.41) is 7.48. The summed E-state index contributed by atoms with van der Waals surface area (Å²) in [6.07, 6.45) is -0.0122. The molecular weight excluding hydrogens is 232 g/mol. The van der Waals surface area contributed by atoms with E-state index >= 15 is 0 Å². The van der Waals surface area contributed by atoms with Crippen LogP contribution in [0.15, 0.2) is 0 Å². The first-order valence-electron chi connectivity index (χ1n) is 4.85. The van der Waals surface area contributed by atoms with Gasteiger partial charge in [0, 0.05) is 13.1 Å². The molecule has 1 atom stereocenters. The minimum absolute atomic E-state index is 0.0122. The van der Waals surface area contributed by atoms with Gasteiger partial charge < -0.3 is 4.74 Å². The Kier molecular flexibility index (Phi) is 6.00. The van der Waals surface area contributed by atoms with Crippen molar-refractivity contribution in [2.75, 3.05) is 20.2 Å². The molecule has 0 radical (unpaired) electrons. The van der Waals surface area contributed by atoms with Gasteiger partial charge in [-0.1, -0.05) is 6.92 Å². The molecule has 92 valence electrons. The topological polar surface area (TPSA) is 87.5 Å². The number of nitriles is 1. The molecule has 0 aliphatic rings. The highest BCUT2D eigenvalue weighted by Crippen LogP contribution is 2.08. The summed E-state index contributed by atoms with van der Waals surface area (Å²) in [5.74, 6) is -0.474. The molecule has 0 saturated heterocycles. The Hall–Kier alpha value is -1.13. The minimum Gasteiger partial charge on any atom is -0.469 e. The van der Waals surface area contributed by atoms with E-state index in [0.717, 1.165) is 4.31 Å². The van der Waals surface area contributed by atoms with Crippen LogP contribution in [0.1, 0.15) is 20.3 Å². The number of hydrogen-bond donors (Lipinski definition) is 0. The average molecular weight is 248 g/mol. The molecule has 0 bridgehead atoms. The number of nitrogens with zero attached hydrogens (tertiary/aromatic N) is 2. The second-order valence-electron chi connectivity index (χ2n) is 3.13. The molecule has 0 aromatic rings. The molecule has 0 spiro atoms. The van der Waals surface area contributed by atoms with E-state index in [2.05, 4.69) is 4.74 Å². The Morgan fingerprint density at radius 2 is 2.12 bits per heavy atom. The highest BCUT2D eigenvalue weighted by Gasteiger charge is 2.27. The highest BCUT2D eigenvalue weighted by atomic mass is 32.2. The third kappa shape index (κ3) is 3.79. The van der Waals surface area contributed by atoms with Crippen LogP contribution in [0.3, 0.4) is 0 Å². The van der Waals surface area contributed by atoms with Crippen LogP contribution in [0.25, 0.3) is 0 Å². The highest BCUT2D eigenvalue weighted by molar-refractivity contribution is 7.89. The second-order valence-corrected chi connectivity index (χ2v) is 5.39. The molecule has 1 unspecified atom stereocenters. The molecule has 0 aromatic carbocycles. The van der Waals surface area contributed by atoms with Gasteiger partial charge in [-0.3, -0.25) is 4.79 Å². The molecule has 16 heavy (non-hydrogen) atoms. The minimum atomic E-state index is -3.64. The van der Waals surface area contributed by atoms with E-state index in [-0.39, 0.29) is 19.5 Å². The van der Waals surface area contributed by atoms with Crippen molar-refractivity contribution in [2.24, 2.45) is 0 Å². The van der Waals surface area contributed by atoms with Gasteiger partial charge in [0.25, 0.3) is 0 Å². The van der Waals surface area contributed by atoms with Gasteiger partial charge in [0.2, 0.25) is 10.0 Å². The van der Waals surface area contributed by atoms with Gasteiger partial charge >= 0.3 is 5.97 Å². The zero-order chi connectivity index (χ0) is 12.8. The SMILES string of the molecule is CCN(CCC(=O)OC)S(=O)(=O)C(C)C#N. The summed E-state index contributed by atoms with van der Waals surface area (Å²) in [6, 6.07) is 1.68. The smallest absolute Gasteiger partial charge is 0.306 e. The second kappa shape index (κ2) is 6.45. The summed E-state index contributed by atoms with van der Waals surface area (Å²) in [7, 11) is -2.40. The van der Waals surface area contributed by atoms with Crippen LogP contribution in [0, 0.1) is 11.3 Å². The van der Waals surface area contributed by atoms with Crippen LogP contribution in [0.5, 0.6) is 0 Å². The van der Waals surface area contributed by atoms with E-state index in [4.69, 9.17) is 5.26 Å². The fraction of sp³-hybridized carbons (Fsp3) is 0.778. The van der Waals surface area contributed by atoms with Crippen molar-refractivity contribution in [1.29, 1.82) is 5.26 Å². The summed E-state index contributed by atoms with van der Waals surface area (Å²) in [4.78, 5) is 10.9.